The van der Waals surface area contributed by atoms with E-state index < -0.39 is 29.3 Å². The topological polar surface area (TPSA) is 87.2 Å². The Bertz CT molecular complexity index is 794. The second-order valence-electron chi connectivity index (χ2n) is 9.22. The Hall–Kier alpha value is -2.25. The van der Waals surface area contributed by atoms with Gasteiger partial charge in [-0.3, -0.25) is 14.4 Å². The first-order chi connectivity index (χ1) is 14.8. The van der Waals surface area contributed by atoms with Crippen molar-refractivity contribution in [2.24, 2.45) is 5.41 Å². The fourth-order valence-corrected chi connectivity index (χ4v) is 4.29. The van der Waals surface area contributed by atoms with Gasteiger partial charge in [-0.25, -0.2) is 0 Å². The summed E-state index contributed by atoms with van der Waals surface area (Å²) >= 11 is 0. The summed E-state index contributed by atoms with van der Waals surface area (Å²) in [6, 6.07) is 8.90. The number of aliphatic hydroxyl groups is 1. The first-order valence-corrected chi connectivity index (χ1v) is 11.2. The minimum absolute atomic E-state index is 0.159. The molecule has 0 aromatic heterocycles. The third kappa shape index (κ3) is 5.15. The van der Waals surface area contributed by atoms with Crippen LogP contribution in [0.3, 0.4) is 0 Å². The fraction of sp³-hybridized carbons (Fsp3) is 0.625. The number of piperidine rings is 1. The number of nitrogens with zero attached hydrogens (tertiary/aromatic N) is 2. The number of piperazine rings is 1. The van der Waals surface area contributed by atoms with Crippen LogP contribution in [0.4, 0.5) is 0 Å². The van der Waals surface area contributed by atoms with Crippen molar-refractivity contribution in [3.63, 3.8) is 0 Å². The van der Waals surface area contributed by atoms with Gasteiger partial charge in [-0.1, -0.05) is 51.1 Å². The zero-order valence-electron chi connectivity index (χ0n) is 18.8. The summed E-state index contributed by atoms with van der Waals surface area (Å²) in [6.07, 6.45) is 2.25. The zero-order chi connectivity index (χ0) is 22.6. The maximum absolute atomic E-state index is 13.2. The molecule has 3 atom stereocenters. The molecule has 1 aromatic carbocycles. The lowest BCUT2D eigenvalue weighted by atomic mass is 9.82. The number of aliphatic hydroxyl groups excluding tert-OH is 1. The number of carbonyl (C=O) groups is 3. The van der Waals surface area contributed by atoms with Crippen LogP contribution in [0.15, 0.2) is 30.3 Å². The lowest BCUT2D eigenvalue weighted by Gasteiger charge is -2.49. The van der Waals surface area contributed by atoms with Crippen molar-refractivity contribution in [2.75, 3.05) is 19.7 Å². The van der Waals surface area contributed by atoms with Crippen molar-refractivity contribution in [1.29, 1.82) is 0 Å². The summed E-state index contributed by atoms with van der Waals surface area (Å²) in [6.45, 7) is 6.23. The molecule has 2 fully saturated rings. The second kappa shape index (κ2) is 9.92. The van der Waals surface area contributed by atoms with Crippen LogP contribution < -0.4 is 0 Å². The third-order valence-electron chi connectivity index (χ3n) is 6.66. The molecule has 2 bridgehead atoms. The van der Waals surface area contributed by atoms with Gasteiger partial charge < -0.3 is 19.6 Å². The molecule has 3 rings (SSSR count). The summed E-state index contributed by atoms with van der Waals surface area (Å²) in [5, 5.41) is 9.78. The molecule has 3 unspecified atom stereocenters. The number of fused-ring (bicyclic) bond motifs is 2. The molecule has 2 aliphatic heterocycles. The van der Waals surface area contributed by atoms with E-state index in [9.17, 15) is 19.5 Å². The predicted octanol–water partition coefficient (Wildman–Crippen LogP) is 2.16. The molecule has 1 aromatic rings. The first-order valence-electron chi connectivity index (χ1n) is 11.2. The predicted molar refractivity (Wildman–Crippen MR) is 116 cm³/mol. The van der Waals surface area contributed by atoms with E-state index in [2.05, 4.69) is 0 Å². The molecule has 0 saturated carbocycles. The number of ketones is 1. The Morgan fingerprint density at radius 2 is 1.94 bits per heavy atom. The Morgan fingerprint density at radius 3 is 2.58 bits per heavy atom. The molecule has 7 nitrogen and oxygen atoms in total. The number of hydrogen-bond donors (Lipinski definition) is 1. The van der Waals surface area contributed by atoms with Crippen molar-refractivity contribution < 1.29 is 24.2 Å². The molecule has 2 saturated heterocycles. The highest BCUT2D eigenvalue weighted by Crippen LogP contribution is 2.32. The lowest BCUT2D eigenvalue weighted by Crippen LogP contribution is -2.67. The normalized spacial score (nSPS) is 22.4. The summed E-state index contributed by atoms with van der Waals surface area (Å²) in [5.74, 6) is -1.12. The van der Waals surface area contributed by atoms with Crippen molar-refractivity contribution in [3.05, 3.63) is 35.9 Å². The number of benzene rings is 1. The van der Waals surface area contributed by atoms with E-state index in [1.165, 1.54) is 0 Å². The summed E-state index contributed by atoms with van der Waals surface area (Å²) in [5.41, 5.74) is 0.260. The average molecular weight is 431 g/mol. The van der Waals surface area contributed by atoms with Gasteiger partial charge in [-0.15, -0.1) is 0 Å². The van der Waals surface area contributed by atoms with E-state index >= 15 is 0 Å². The Kier molecular flexibility index (Phi) is 7.49. The largest absolute Gasteiger partial charge is 0.394 e. The van der Waals surface area contributed by atoms with Gasteiger partial charge in [0, 0.05) is 18.5 Å². The summed E-state index contributed by atoms with van der Waals surface area (Å²) in [4.78, 5) is 42.3. The molecule has 2 aliphatic rings. The highest BCUT2D eigenvalue weighted by molar-refractivity contribution is 6.38. The van der Waals surface area contributed by atoms with E-state index in [4.69, 9.17) is 4.74 Å². The Morgan fingerprint density at radius 1 is 1.23 bits per heavy atom. The Labute approximate surface area is 184 Å². The van der Waals surface area contributed by atoms with Gasteiger partial charge in [0.25, 0.3) is 5.91 Å². The molecule has 2 heterocycles. The van der Waals surface area contributed by atoms with Crippen molar-refractivity contribution in [3.8, 4) is 0 Å². The molecule has 1 N–H and O–H groups in total. The molecular weight excluding hydrogens is 396 g/mol. The number of Topliss-reactive ketones (excluding diaryl/α,β-unsaturated/α-hetero) is 1. The molecular formula is C24H34N2O5. The van der Waals surface area contributed by atoms with E-state index in [0.29, 0.717) is 26.0 Å². The van der Waals surface area contributed by atoms with Crippen molar-refractivity contribution in [2.45, 2.75) is 71.2 Å². The van der Waals surface area contributed by atoms with Crippen LogP contribution in [-0.2, 0) is 25.7 Å². The number of ether oxygens (including phenoxy) is 1. The summed E-state index contributed by atoms with van der Waals surface area (Å²) < 4.78 is 5.84. The smallest absolute Gasteiger partial charge is 0.291 e. The van der Waals surface area contributed by atoms with Gasteiger partial charge in [0.2, 0.25) is 11.7 Å². The third-order valence-corrected chi connectivity index (χ3v) is 6.66. The van der Waals surface area contributed by atoms with E-state index in [1.54, 1.807) is 23.6 Å². The number of amides is 2. The van der Waals surface area contributed by atoms with Gasteiger partial charge in [0.05, 0.1) is 25.4 Å². The number of rotatable bonds is 9. The number of carbonyl (C=O) groups excluding carboxylic acids is 3. The second-order valence-corrected chi connectivity index (χ2v) is 9.22. The minimum Gasteiger partial charge on any atom is -0.394 e. The van der Waals surface area contributed by atoms with Gasteiger partial charge in [0.1, 0.15) is 6.04 Å². The van der Waals surface area contributed by atoms with Crippen molar-refractivity contribution in [1.82, 2.24) is 9.80 Å². The average Bonchev–Trinajstić information content (AvgIpc) is 2.79. The SMILES string of the molecule is CCC(C)(C)C(=O)C(=O)N1C2CCCC1C(=O)N(CC(CO)OCc1ccccc1)C2. The van der Waals surface area contributed by atoms with Crippen LogP contribution in [0.25, 0.3) is 0 Å². The van der Waals surface area contributed by atoms with E-state index in [-0.39, 0.29) is 25.1 Å². The lowest BCUT2D eigenvalue weighted by molar-refractivity contribution is -0.166. The molecule has 31 heavy (non-hydrogen) atoms. The van der Waals surface area contributed by atoms with Gasteiger partial charge in [0.15, 0.2) is 0 Å². The molecule has 170 valence electrons. The maximum atomic E-state index is 13.2. The van der Waals surface area contributed by atoms with Crippen LogP contribution >= 0.6 is 0 Å². The molecule has 0 aliphatic carbocycles. The zero-order valence-corrected chi connectivity index (χ0v) is 18.8. The molecule has 7 heteroatoms. The maximum Gasteiger partial charge on any atom is 0.291 e. The first kappa shape index (κ1) is 23.4. The van der Waals surface area contributed by atoms with Crippen LogP contribution in [0.1, 0.15) is 52.0 Å². The fourth-order valence-electron chi connectivity index (χ4n) is 4.29. The van der Waals surface area contributed by atoms with Crippen LogP contribution in [-0.4, -0.2) is 70.4 Å². The van der Waals surface area contributed by atoms with Gasteiger partial charge in [-0.2, -0.15) is 0 Å². The highest BCUT2D eigenvalue weighted by atomic mass is 16.5. The van der Waals surface area contributed by atoms with Crippen LogP contribution in [0.5, 0.6) is 0 Å². The van der Waals surface area contributed by atoms with E-state index in [1.807, 2.05) is 37.3 Å². The summed E-state index contributed by atoms with van der Waals surface area (Å²) in [7, 11) is 0. The molecule has 0 radical (unpaired) electrons. The van der Waals surface area contributed by atoms with Crippen LogP contribution in [0.2, 0.25) is 0 Å². The monoisotopic (exact) mass is 430 g/mol. The molecule has 2 amide bonds. The quantitative estimate of drug-likeness (QED) is 0.607. The number of hydrogen-bond acceptors (Lipinski definition) is 5. The van der Waals surface area contributed by atoms with Gasteiger partial charge >= 0.3 is 0 Å². The van der Waals surface area contributed by atoms with E-state index in [0.717, 1.165) is 18.4 Å². The van der Waals surface area contributed by atoms with Crippen LogP contribution in [0, 0.1) is 5.41 Å². The Balaban J connectivity index is 1.67. The standard InChI is InChI=1S/C24H34N2O5/c1-4-24(2,3)21(28)23(30)26-18-11-8-12-20(26)22(29)25(13-18)14-19(15-27)31-16-17-9-6-5-7-10-17/h5-7,9-10,18-20,27H,4,8,11-16H2,1-3H3. The highest BCUT2D eigenvalue weighted by Gasteiger charge is 2.48. The minimum atomic E-state index is -0.737. The van der Waals surface area contributed by atoms with Crippen molar-refractivity contribution >= 4 is 17.6 Å². The molecule has 0 spiro atoms. The number of likely N-dealkylation sites (tertiary alicyclic amines) is 1. The van der Waals surface area contributed by atoms with Gasteiger partial charge in [-0.05, 0) is 31.2 Å².